The molecule has 8 heteroatoms. The van der Waals surface area contributed by atoms with E-state index in [1.165, 1.54) is 17.9 Å². The maximum absolute atomic E-state index is 12.2. The number of methoxy groups -OCH3 is 1. The van der Waals surface area contributed by atoms with E-state index in [9.17, 15) is 10.1 Å². The van der Waals surface area contributed by atoms with Gasteiger partial charge in [-0.05, 0) is 37.3 Å². The van der Waals surface area contributed by atoms with E-state index < -0.39 is 5.97 Å². The van der Waals surface area contributed by atoms with Crippen molar-refractivity contribution in [2.45, 2.75) is 6.92 Å². The fourth-order valence-corrected chi connectivity index (χ4v) is 3.06. The van der Waals surface area contributed by atoms with Gasteiger partial charge in [-0.25, -0.2) is 4.79 Å². The maximum Gasteiger partial charge on any atom is 0.357 e. The van der Waals surface area contributed by atoms with Gasteiger partial charge in [0.1, 0.15) is 6.07 Å². The van der Waals surface area contributed by atoms with Gasteiger partial charge in [-0.2, -0.15) is 5.26 Å². The number of ether oxygens (including phenoxy) is 1. The number of hydrogen-bond acceptors (Lipinski definition) is 7. The molecule has 2 aromatic heterocycles. The van der Waals surface area contributed by atoms with Gasteiger partial charge in [0.2, 0.25) is 11.8 Å². The van der Waals surface area contributed by atoms with Crippen molar-refractivity contribution in [1.29, 1.82) is 5.26 Å². The van der Waals surface area contributed by atoms with Gasteiger partial charge >= 0.3 is 5.97 Å². The molecule has 0 saturated carbocycles. The van der Waals surface area contributed by atoms with Crippen LogP contribution in [0.3, 0.4) is 0 Å². The number of carbonyl (C=O) groups is 1. The zero-order valence-corrected chi connectivity index (χ0v) is 16.3. The molecule has 0 amide bonds. The Bertz CT molecular complexity index is 1280. The number of nitrogen functional groups attached to an aromatic ring is 1. The minimum atomic E-state index is -0.640. The predicted molar refractivity (Wildman–Crippen MR) is 110 cm³/mol. The van der Waals surface area contributed by atoms with Crippen LogP contribution in [-0.4, -0.2) is 27.8 Å². The summed E-state index contributed by atoms with van der Waals surface area (Å²) < 4.78 is 12.2. The van der Waals surface area contributed by atoms with Crippen molar-refractivity contribution in [1.82, 2.24) is 14.8 Å². The summed E-state index contributed by atoms with van der Waals surface area (Å²) in [6, 6.07) is 16.9. The number of aromatic nitrogens is 3. The van der Waals surface area contributed by atoms with E-state index in [2.05, 4.69) is 10.2 Å². The third-order valence-corrected chi connectivity index (χ3v) is 4.64. The molecule has 148 valence electrons. The largest absolute Gasteiger partial charge is 0.464 e. The van der Waals surface area contributed by atoms with E-state index in [0.29, 0.717) is 23.0 Å². The summed E-state index contributed by atoms with van der Waals surface area (Å²) in [5, 5.41) is 17.6. The second-order valence-electron chi connectivity index (χ2n) is 6.61. The van der Waals surface area contributed by atoms with Crippen LogP contribution in [0.5, 0.6) is 0 Å². The predicted octanol–water partition coefficient (Wildman–Crippen LogP) is 3.74. The average molecular weight is 399 g/mol. The highest BCUT2D eigenvalue weighted by Gasteiger charge is 2.22. The molecule has 2 N–H and O–H groups in total. The maximum atomic E-state index is 12.2. The van der Waals surface area contributed by atoms with Crippen LogP contribution in [0.15, 0.2) is 59.1 Å². The lowest BCUT2D eigenvalue weighted by molar-refractivity contribution is 0.0593. The fraction of sp³-hybridized carbons (Fsp3) is 0.0909. The van der Waals surface area contributed by atoms with Crippen LogP contribution >= 0.6 is 0 Å². The molecule has 0 spiro atoms. The quantitative estimate of drug-likeness (QED) is 0.519. The first-order chi connectivity index (χ1) is 14.5. The Morgan fingerprint density at radius 2 is 1.83 bits per heavy atom. The van der Waals surface area contributed by atoms with Crippen molar-refractivity contribution in [3.05, 3.63) is 71.5 Å². The molecule has 0 aliphatic rings. The van der Waals surface area contributed by atoms with E-state index in [0.717, 1.165) is 11.1 Å². The summed E-state index contributed by atoms with van der Waals surface area (Å²) >= 11 is 0. The zero-order valence-electron chi connectivity index (χ0n) is 16.3. The first kappa shape index (κ1) is 19.0. The van der Waals surface area contributed by atoms with E-state index in [1.807, 2.05) is 43.3 Å². The standard InChI is InChI=1S/C22H17N5O3/c1-13-6-8-14(9-7-13)20-25-26-21(30-20)15-4-3-5-17(10-15)27-12-16(11-23)18(24)19(27)22(28)29-2/h3-10,12H,24H2,1-2H3. The number of nitrogens with zero attached hydrogens (tertiary/aromatic N) is 4. The van der Waals surface area contributed by atoms with Crippen molar-refractivity contribution in [2.75, 3.05) is 12.8 Å². The third-order valence-electron chi connectivity index (χ3n) is 4.64. The van der Waals surface area contributed by atoms with E-state index in [4.69, 9.17) is 14.9 Å². The highest BCUT2D eigenvalue weighted by Crippen LogP contribution is 2.29. The summed E-state index contributed by atoms with van der Waals surface area (Å²) in [4.78, 5) is 12.2. The Morgan fingerprint density at radius 3 is 2.50 bits per heavy atom. The van der Waals surface area contributed by atoms with Crippen LogP contribution in [-0.2, 0) is 4.74 Å². The van der Waals surface area contributed by atoms with E-state index in [-0.39, 0.29) is 16.9 Å². The number of nitriles is 1. The normalized spacial score (nSPS) is 10.6. The Labute approximate surface area is 172 Å². The van der Waals surface area contributed by atoms with Crippen molar-refractivity contribution in [3.8, 4) is 34.7 Å². The van der Waals surface area contributed by atoms with Crippen LogP contribution < -0.4 is 5.73 Å². The minimum Gasteiger partial charge on any atom is -0.464 e. The van der Waals surface area contributed by atoms with Crippen LogP contribution in [0.25, 0.3) is 28.6 Å². The molecule has 0 radical (unpaired) electrons. The molecule has 0 unspecified atom stereocenters. The smallest absolute Gasteiger partial charge is 0.357 e. The summed E-state index contributed by atoms with van der Waals surface area (Å²) in [5.74, 6) is 0.0918. The van der Waals surface area contributed by atoms with Gasteiger partial charge < -0.3 is 19.5 Å². The van der Waals surface area contributed by atoms with Crippen LogP contribution in [0.4, 0.5) is 5.69 Å². The van der Waals surface area contributed by atoms with Crippen molar-refractivity contribution in [3.63, 3.8) is 0 Å². The number of rotatable bonds is 4. The Hall–Kier alpha value is -4.38. The summed E-state index contributed by atoms with van der Waals surface area (Å²) in [6.07, 6.45) is 1.49. The number of nitrogens with two attached hydrogens (primary N) is 1. The van der Waals surface area contributed by atoms with Crippen LogP contribution in [0.2, 0.25) is 0 Å². The van der Waals surface area contributed by atoms with Gasteiger partial charge in [-0.15, -0.1) is 10.2 Å². The zero-order chi connectivity index (χ0) is 21.3. The van der Waals surface area contributed by atoms with Crippen LogP contribution in [0.1, 0.15) is 21.6 Å². The molecule has 0 aliphatic heterocycles. The topological polar surface area (TPSA) is 120 Å². The third kappa shape index (κ3) is 3.29. The second-order valence-corrected chi connectivity index (χ2v) is 6.61. The van der Waals surface area contributed by atoms with Gasteiger partial charge in [0.15, 0.2) is 5.69 Å². The van der Waals surface area contributed by atoms with Gasteiger partial charge in [0, 0.05) is 23.0 Å². The molecule has 0 bridgehead atoms. The molecule has 30 heavy (non-hydrogen) atoms. The molecule has 2 heterocycles. The number of carbonyl (C=O) groups excluding carboxylic acids is 1. The highest BCUT2D eigenvalue weighted by molar-refractivity contribution is 5.96. The van der Waals surface area contributed by atoms with Gasteiger partial charge in [0.05, 0.1) is 18.4 Å². The Balaban J connectivity index is 1.75. The summed E-state index contributed by atoms with van der Waals surface area (Å²) in [6.45, 7) is 2.00. The molecule has 0 atom stereocenters. The number of anilines is 1. The highest BCUT2D eigenvalue weighted by atomic mass is 16.5. The first-order valence-corrected chi connectivity index (χ1v) is 9.02. The molecule has 2 aromatic carbocycles. The Kier molecular flexibility index (Phi) is 4.78. The lowest BCUT2D eigenvalue weighted by atomic mass is 10.1. The second kappa shape index (κ2) is 7.56. The molecule has 0 fully saturated rings. The van der Waals surface area contributed by atoms with Gasteiger partial charge in [-0.3, -0.25) is 0 Å². The number of aryl methyl sites for hydroxylation is 1. The van der Waals surface area contributed by atoms with Gasteiger partial charge in [0.25, 0.3) is 0 Å². The molecular weight excluding hydrogens is 382 g/mol. The lowest BCUT2D eigenvalue weighted by Crippen LogP contribution is -2.11. The van der Waals surface area contributed by atoms with E-state index >= 15 is 0 Å². The number of esters is 1. The number of hydrogen-bond donors (Lipinski definition) is 1. The van der Waals surface area contributed by atoms with E-state index in [1.54, 1.807) is 18.2 Å². The van der Waals surface area contributed by atoms with Gasteiger partial charge in [-0.1, -0.05) is 23.8 Å². The minimum absolute atomic E-state index is 0.0641. The molecule has 4 aromatic rings. The number of benzene rings is 2. The monoisotopic (exact) mass is 399 g/mol. The van der Waals surface area contributed by atoms with Crippen molar-refractivity contribution >= 4 is 11.7 Å². The Morgan fingerprint density at radius 1 is 1.13 bits per heavy atom. The first-order valence-electron chi connectivity index (χ1n) is 9.02. The summed E-state index contributed by atoms with van der Waals surface area (Å²) in [5.41, 5.74) is 9.50. The summed E-state index contributed by atoms with van der Waals surface area (Å²) in [7, 11) is 1.26. The molecule has 4 rings (SSSR count). The fourth-order valence-electron chi connectivity index (χ4n) is 3.06. The SMILES string of the molecule is COC(=O)c1c(N)c(C#N)cn1-c1cccc(-c2nnc(-c3ccc(C)cc3)o2)c1. The molecule has 0 saturated heterocycles. The average Bonchev–Trinajstić information content (AvgIpc) is 3.39. The van der Waals surface area contributed by atoms with Crippen molar-refractivity contribution < 1.29 is 13.9 Å². The molecule has 8 nitrogen and oxygen atoms in total. The van der Waals surface area contributed by atoms with Crippen LogP contribution in [0, 0.1) is 18.3 Å². The molecule has 0 aliphatic carbocycles. The van der Waals surface area contributed by atoms with Crippen molar-refractivity contribution in [2.24, 2.45) is 0 Å². The lowest BCUT2D eigenvalue weighted by Gasteiger charge is -2.09. The molecular formula is C22H17N5O3.